The zero-order valence-corrected chi connectivity index (χ0v) is 10.6. The van der Waals surface area contributed by atoms with E-state index in [0.29, 0.717) is 11.4 Å². The Hall–Kier alpha value is -2.30. The van der Waals surface area contributed by atoms with Gasteiger partial charge in [-0.25, -0.2) is 4.99 Å². The van der Waals surface area contributed by atoms with Crippen molar-refractivity contribution in [2.75, 3.05) is 21.2 Å². The van der Waals surface area contributed by atoms with E-state index in [1.54, 1.807) is 13.4 Å². The molecule has 0 fully saturated rings. The number of aromatic nitrogens is 1. The second-order valence-corrected chi connectivity index (χ2v) is 4.12. The van der Waals surface area contributed by atoms with Crippen LogP contribution in [0.5, 0.6) is 5.75 Å². The first-order valence-corrected chi connectivity index (χ1v) is 5.51. The van der Waals surface area contributed by atoms with Gasteiger partial charge in [0, 0.05) is 25.0 Å². The highest BCUT2D eigenvalue weighted by molar-refractivity contribution is 6.01. The fraction of sp³-hybridized carbons (Fsp3) is 0.231. The van der Waals surface area contributed by atoms with Crippen LogP contribution in [-0.2, 0) is 0 Å². The Labute approximate surface area is 105 Å². The van der Waals surface area contributed by atoms with Crippen LogP contribution in [0.1, 0.15) is 10.5 Å². The van der Waals surface area contributed by atoms with Crippen LogP contribution >= 0.6 is 0 Å². The molecule has 0 spiro atoms. The zero-order valence-electron chi connectivity index (χ0n) is 10.6. The third kappa shape index (κ3) is 2.20. The molecule has 0 saturated carbocycles. The fourth-order valence-electron chi connectivity index (χ4n) is 1.70. The third-order valence-electron chi connectivity index (χ3n) is 2.54. The number of nitrogens with zero attached hydrogens (tertiary/aromatic N) is 2. The summed E-state index contributed by atoms with van der Waals surface area (Å²) in [6.45, 7) is 0. The number of aldehydes is 1. The van der Waals surface area contributed by atoms with Crippen LogP contribution < -0.4 is 4.74 Å². The lowest BCUT2D eigenvalue weighted by atomic mass is 10.2. The smallest absolute Gasteiger partial charge is 0.168 e. The molecule has 0 aliphatic heterocycles. The van der Waals surface area contributed by atoms with E-state index < -0.39 is 0 Å². The summed E-state index contributed by atoms with van der Waals surface area (Å²) < 4.78 is 5.18. The average Bonchev–Trinajstić information content (AvgIpc) is 2.72. The SMILES string of the molecule is COc1ccc2[nH]c(C=O)c(N=CN(C)C)c2c1. The van der Waals surface area contributed by atoms with Crippen molar-refractivity contribution in [2.24, 2.45) is 4.99 Å². The van der Waals surface area contributed by atoms with E-state index in [1.165, 1.54) is 0 Å². The lowest BCUT2D eigenvalue weighted by Crippen LogP contribution is -2.07. The predicted molar refractivity (Wildman–Crippen MR) is 72.1 cm³/mol. The number of carbonyl (C=O) groups is 1. The number of hydrogen-bond donors (Lipinski definition) is 1. The predicted octanol–water partition coefficient (Wildman–Crippen LogP) is 2.21. The summed E-state index contributed by atoms with van der Waals surface area (Å²) in [7, 11) is 5.36. The number of ether oxygens (including phenoxy) is 1. The topological polar surface area (TPSA) is 57.7 Å². The maximum atomic E-state index is 11.0. The molecule has 0 unspecified atom stereocenters. The van der Waals surface area contributed by atoms with Gasteiger partial charge in [0.2, 0.25) is 0 Å². The van der Waals surface area contributed by atoms with E-state index in [-0.39, 0.29) is 0 Å². The third-order valence-corrected chi connectivity index (χ3v) is 2.54. The first kappa shape index (κ1) is 12.2. The van der Waals surface area contributed by atoms with Gasteiger partial charge in [-0.15, -0.1) is 0 Å². The fourth-order valence-corrected chi connectivity index (χ4v) is 1.70. The number of fused-ring (bicyclic) bond motifs is 1. The van der Waals surface area contributed by atoms with Gasteiger partial charge in [-0.2, -0.15) is 0 Å². The maximum absolute atomic E-state index is 11.0. The Bertz CT molecular complexity index is 600. The molecule has 0 bridgehead atoms. The van der Waals surface area contributed by atoms with Crippen molar-refractivity contribution in [1.82, 2.24) is 9.88 Å². The number of aromatic amines is 1. The molecule has 0 atom stereocenters. The number of rotatable bonds is 4. The molecule has 2 aromatic rings. The molecule has 18 heavy (non-hydrogen) atoms. The van der Waals surface area contributed by atoms with E-state index in [2.05, 4.69) is 9.98 Å². The van der Waals surface area contributed by atoms with Crippen molar-refractivity contribution < 1.29 is 9.53 Å². The lowest BCUT2D eigenvalue weighted by Gasteiger charge is -2.02. The second kappa shape index (κ2) is 4.91. The van der Waals surface area contributed by atoms with Gasteiger partial charge in [-0.1, -0.05) is 0 Å². The van der Waals surface area contributed by atoms with Gasteiger partial charge in [0.05, 0.1) is 13.4 Å². The molecule has 0 aliphatic rings. The minimum absolute atomic E-state index is 0.469. The Morgan fingerprint density at radius 2 is 2.17 bits per heavy atom. The molecule has 2 rings (SSSR count). The zero-order chi connectivity index (χ0) is 13.1. The van der Waals surface area contributed by atoms with Crippen molar-refractivity contribution in [3.05, 3.63) is 23.9 Å². The van der Waals surface area contributed by atoms with Gasteiger partial charge in [-0.3, -0.25) is 4.79 Å². The summed E-state index contributed by atoms with van der Waals surface area (Å²) in [5, 5.41) is 0.870. The van der Waals surface area contributed by atoms with Gasteiger partial charge in [0.25, 0.3) is 0 Å². The van der Waals surface area contributed by atoms with Crippen LogP contribution in [0.4, 0.5) is 5.69 Å². The second-order valence-electron chi connectivity index (χ2n) is 4.12. The summed E-state index contributed by atoms with van der Waals surface area (Å²) in [6.07, 6.45) is 2.43. The summed E-state index contributed by atoms with van der Waals surface area (Å²) in [4.78, 5) is 20.2. The number of methoxy groups -OCH3 is 1. The van der Waals surface area contributed by atoms with Gasteiger partial charge in [0.15, 0.2) is 6.29 Å². The van der Waals surface area contributed by atoms with Gasteiger partial charge < -0.3 is 14.6 Å². The van der Waals surface area contributed by atoms with E-state index in [1.807, 2.05) is 37.2 Å². The molecule has 0 saturated heterocycles. The van der Waals surface area contributed by atoms with Crippen LogP contribution in [0, 0.1) is 0 Å². The highest BCUT2D eigenvalue weighted by atomic mass is 16.5. The Kier molecular flexibility index (Phi) is 3.32. The first-order chi connectivity index (χ1) is 8.65. The number of aliphatic imine (C=N–C) groups is 1. The van der Waals surface area contributed by atoms with Gasteiger partial charge in [-0.05, 0) is 18.2 Å². The molecule has 0 amide bonds. The normalized spacial score (nSPS) is 11.1. The molecule has 5 heteroatoms. The molecule has 0 radical (unpaired) electrons. The Balaban J connectivity index is 2.62. The molecular weight excluding hydrogens is 230 g/mol. The van der Waals surface area contributed by atoms with Crippen molar-refractivity contribution in [2.45, 2.75) is 0 Å². The molecule has 1 heterocycles. The van der Waals surface area contributed by atoms with Crippen LogP contribution in [0.15, 0.2) is 23.2 Å². The van der Waals surface area contributed by atoms with E-state index in [9.17, 15) is 4.79 Å². The number of hydrogen-bond acceptors (Lipinski definition) is 3. The molecule has 1 aromatic carbocycles. The van der Waals surface area contributed by atoms with Crippen molar-refractivity contribution in [3.63, 3.8) is 0 Å². The van der Waals surface area contributed by atoms with Crippen molar-refractivity contribution >= 4 is 29.2 Å². The largest absolute Gasteiger partial charge is 0.497 e. The van der Waals surface area contributed by atoms with Gasteiger partial charge in [0.1, 0.15) is 17.1 Å². The average molecular weight is 245 g/mol. The Morgan fingerprint density at radius 1 is 1.39 bits per heavy atom. The van der Waals surface area contributed by atoms with Crippen molar-refractivity contribution in [3.8, 4) is 5.75 Å². The van der Waals surface area contributed by atoms with E-state index >= 15 is 0 Å². The standard InChI is InChI=1S/C13H15N3O2/c1-16(2)8-14-13-10-6-9(18-3)4-5-11(10)15-12(13)7-17/h4-8,15H,1-3H3. The monoisotopic (exact) mass is 245 g/mol. The summed E-state index contributed by atoms with van der Waals surface area (Å²) in [5.74, 6) is 0.736. The van der Waals surface area contributed by atoms with E-state index in [4.69, 9.17) is 4.74 Å². The maximum Gasteiger partial charge on any atom is 0.168 e. The quantitative estimate of drug-likeness (QED) is 0.510. The molecule has 5 nitrogen and oxygen atoms in total. The van der Waals surface area contributed by atoms with Crippen LogP contribution in [0.3, 0.4) is 0 Å². The molecule has 1 aromatic heterocycles. The summed E-state index contributed by atoms with van der Waals surface area (Å²) in [6, 6.07) is 5.57. The minimum Gasteiger partial charge on any atom is -0.497 e. The van der Waals surface area contributed by atoms with Crippen LogP contribution in [-0.4, -0.2) is 43.7 Å². The van der Waals surface area contributed by atoms with E-state index in [0.717, 1.165) is 22.9 Å². The summed E-state index contributed by atoms with van der Waals surface area (Å²) in [5.41, 5.74) is 1.97. The highest BCUT2D eigenvalue weighted by Crippen LogP contribution is 2.32. The van der Waals surface area contributed by atoms with Gasteiger partial charge >= 0.3 is 0 Å². The summed E-state index contributed by atoms with van der Waals surface area (Å²) >= 11 is 0. The highest BCUT2D eigenvalue weighted by Gasteiger charge is 2.10. The number of H-pyrrole nitrogens is 1. The molecular formula is C13H15N3O2. The lowest BCUT2D eigenvalue weighted by molar-refractivity contribution is 0.112. The molecule has 94 valence electrons. The number of carbonyl (C=O) groups excluding carboxylic acids is 1. The van der Waals surface area contributed by atoms with Crippen molar-refractivity contribution in [1.29, 1.82) is 0 Å². The number of nitrogens with one attached hydrogen (secondary N) is 1. The number of benzene rings is 1. The van der Waals surface area contributed by atoms with Crippen LogP contribution in [0.25, 0.3) is 10.9 Å². The molecule has 0 aliphatic carbocycles. The first-order valence-electron chi connectivity index (χ1n) is 5.51. The van der Waals surface area contributed by atoms with Crippen LogP contribution in [0.2, 0.25) is 0 Å². The molecule has 1 N–H and O–H groups in total. The Morgan fingerprint density at radius 3 is 2.78 bits per heavy atom. The minimum atomic E-state index is 0.469.